The third-order valence-electron chi connectivity index (χ3n) is 3.52. The smallest absolute Gasteiger partial charge is 0.142 e. The van der Waals surface area contributed by atoms with Crippen molar-refractivity contribution in [3.63, 3.8) is 0 Å². The number of methoxy groups -OCH3 is 1. The van der Waals surface area contributed by atoms with Crippen molar-refractivity contribution >= 4 is 22.6 Å². The van der Waals surface area contributed by atoms with Gasteiger partial charge in [-0.15, -0.1) is 11.6 Å². The van der Waals surface area contributed by atoms with Crippen molar-refractivity contribution in [1.29, 1.82) is 0 Å². The van der Waals surface area contributed by atoms with Gasteiger partial charge in [0.05, 0.1) is 29.2 Å². The van der Waals surface area contributed by atoms with Crippen molar-refractivity contribution in [2.24, 2.45) is 0 Å². The molecule has 21 heavy (non-hydrogen) atoms. The number of benzene rings is 2. The van der Waals surface area contributed by atoms with Crippen molar-refractivity contribution in [3.05, 3.63) is 53.9 Å². The van der Waals surface area contributed by atoms with E-state index in [0.717, 1.165) is 28.3 Å². The molecular weight excluding hydrogens is 284 g/mol. The number of hydrogen-bond donors (Lipinski definition) is 0. The molecule has 3 nitrogen and oxygen atoms in total. The van der Waals surface area contributed by atoms with E-state index < -0.39 is 0 Å². The first kappa shape index (κ1) is 14.0. The van der Waals surface area contributed by atoms with Crippen molar-refractivity contribution in [2.45, 2.75) is 19.2 Å². The second-order valence-corrected chi connectivity index (χ2v) is 5.74. The van der Waals surface area contributed by atoms with Crippen LogP contribution in [0.15, 0.2) is 42.5 Å². The molecule has 0 radical (unpaired) electrons. The quantitative estimate of drug-likeness (QED) is 0.659. The lowest BCUT2D eigenvalue weighted by Gasteiger charge is -2.14. The molecule has 0 aliphatic carbocycles. The summed E-state index contributed by atoms with van der Waals surface area (Å²) in [5, 5.41) is -0.192. The average Bonchev–Trinajstić information content (AvgIpc) is 2.85. The molecule has 2 aromatic carbocycles. The van der Waals surface area contributed by atoms with E-state index in [4.69, 9.17) is 16.3 Å². The number of halogens is 1. The van der Waals surface area contributed by atoms with Crippen LogP contribution in [-0.4, -0.2) is 16.7 Å². The number of rotatable bonds is 3. The molecule has 3 aromatic rings. The maximum absolute atomic E-state index is 6.34. The molecule has 0 fully saturated rings. The first-order valence-electron chi connectivity index (χ1n) is 6.88. The molecule has 0 bridgehead atoms. The first-order valence-corrected chi connectivity index (χ1v) is 7.32. The van der Waals surface area contributed by atoms with Crippen LogP contribution in [-0.2, 0) is 0 Å². The molecule has 1 heterocycles. The van der Waals surface area contributed by atoms with E-state index in [1.54, 1.807) is 7.11 Å². The molecule has 0 spiro atoms. The summed E-state index contributed by atoms with van der Waals surface area (Å²) in [5.74, 6) is 1.62. The van der Waals surface area contributed by atoms with Gasteiger partial charge in [-0.25, -0.2) is 4.98 Å². The number of para-hydroxylation sites is 2. The maximum Gasteiger partial charge on any atom is 0.142 e. The van der Waals surface area contributed by atoms with Gasteiger partial charge in [0, 0.05) is 0 Å². The van der Waals surface area contributed by atoms with Crippen LogP contribution >= 0.6 is 11.6 Å². The van der Waals surface area contributed by atoms with Gasteiger partial charge in [-0.2, -0.15) is 0 Å². The minimum Gasteiger partial charge on any atom is -0.495 e. The second kappa shape index (κ2) is 5.41. The lowest BCUT2D eigenvalue weighted by atomic mass is 10.2. The molecule has 4 heteroatoms. The van der Waals surface area contributed by atoms with E-state index in [9.17, 15) is 0 Å². The third kappa shape index (κ3) is 2.38. The summed E-state index contributed by atoms with van der Waals surface area (Å²) in [4.78, 5) is 4.68. The fraction of sp³-hybridized carbons (Fsp3) is 0.235. The fourth-order valence-electron chi connectivity index (χ4n) is 2.54. The topological polar surface area (TPSA) is 27.1 Å². The third-order valence-corrected chi connectivity index (χ3v) is 3.71. The summed E-state index contributed by atoms with van der Waals surface area (Å²) >= 11 is 6.34. The van der Waals surface area contributed by atoms with Crippen LogP contribution in [0.1, 0.15) is 23.7 Å². The van der Waals surface area contributed by atoms with Crippen molar-refractivity contribution in [3.8, 4) is 11.4 Å². The molecule has 0 amide bonds. The number of aryl methyl sites for hydroxylation is 1. The van der Waals surface area contributed by atoms with Gasteiger partial charge in [-0.1, -0.05) is 18.2 Å². The zero-order valence-corrected chi connectivity index (χ0v) is 13.1. The van der Waals surface area contributed by atoms with E-state index in [1.165, 1.54) is 5.56 Å². The molecular formula is C17H17ClN2O. The van der Waals surface area contributed by atoms with Gasteiger partial charge in [-0.05, 0) is 43.7 Å². The predicted molar refractivity (Wildman–Crippen MR) is 86.6 cm³/mol. The summed E-state index contributed by atoms with van der Waals surface area (Å²) in [5.41, 5.74) is 4.12. The Hall–Kier alpha value is -2.00. The van der Waals surface area contributed by atoms with E-state index >= 15 is 0 Å². The van der Waals surface area contributed by atoms with Gasteiger partial charge in [0.1, 0.15) is 11.6 Å². The zero-order chi connectivity index (χ0) is 15.0. The Morgan fingerprint density at radius 2 is 1.95 bits per heavy atom. The fourth-order valence-corrected chi connectivity index (χ4v) is 2.68. The number of aromatic nitrogens is 2. The molecule has 3 rings (SSSR count). The Morgan fingerprint density at radius 3 is 2.67 bits per heavy atom. The van der Waals surface area contributed by atoms with Crippen molar-refractivity contribution in [1.82, 2.24) is 9.55 Å². The largest absolute Gasteiger partial charge is 0.495 e. The van der Waals surface area contributed by atoms with Gasteiger partial charge in [0.15, 0.2) is 0 Å². The highest BCUT2D eigenvalue weighted by molar-refractivity contribution is 6.20. The van der Waals surface area contributed by atoms with Gasteiger partial charge in [-0.3, -0.25) is 4.57 Å². The lowest BCUT2D eigenvalue weighted by Crippen LogP contribution is -2.03. The van der Waals surface area contributed by atoms with E-state index in [2.05, 4.69) is 28.6 Å². The van der Waals surface area contributed by atoms with Gasteiger partial charge >= 0.3 is 0 Å². The number of hydrogen-bond acceptors (Lipinski definition) is 2. The molecule has 1 unspecified atom stereocenters. The van der Waals surface area contributed by atoms with Crippen LogP contribution in [0.2, 0.25) is 0 Å². The monoisotopic (exact) mass is 300 g/mol. The van der Waals surface area contributed by atoms with Crippen LogP contribution < -0.4 is 4.74 Å². The van der Waals surface area contributed by atoms with Crippen LogP contribution in [0.25, 0.3) is 16.7 Å². The highest BCUT2D eigenvalue weighted by Gasteiger charge is 2.18. The van der Waals surface area contributed by atoms with E-state index in [-0.39, 0.29) is 5.38 Å². The standard InChI is InChI=1S/C17H17ClN2O/c1-11-8-9-13-15(10-11)20(17(19-13)12(2)18)14-6-4-5-7-16(14)21-3/h4-10,12H,1-3H3. The van der Waals surface area contributed by atoms with E-state index in [0.29, 0.717) is 0 Å². The summed E-state index contributed by atoms with van der Waals surface area (Å²) in [6.45, 7) is 4.00. The Bertz CT molecular complexity index is 793. The number of imidazole rings is 1. The van der Waals surface area contributed by atoms with Crippen LogP contribution in [0.3, 0.4) is 0 Å². The molecule has 1 aromatic heterocycles. The molecule has 108 valence electrons. The number of nitrogens with zero attached hydrogens (tertiary/aromatic N) is 2. The molecule has 0 saturated carbocycles. The minimum absolute atomic E-state index is 0.192. The Morgan fingerprint density at radius 1 is 1.19 bits per heavy atom. The SMILES string of the molecule is COc1ccccc1-n1c(C(C)Cl)nc2ccc(C)cc21. The Balaban J connectivity index is 2.38. The molecule has 0 N–H and O–H groups in total. The second-order valence-electron chi connectivity index (χ2n) is 5.09. The highest BCUT2D eigenvalue weighted by atomic mass is 35.5. The van der Waals surface area contributed by atoms with Crippen LogP contribution in [0.4, 0.5) is 0 Å². The summed E-state index contributed by atoms with van der Waals surface area (Å²) in [6.07, 6.45) is 0. The zero-order valence-electron chi connectivity index (χ0n) is 12.3. The summed E-state index contributed by atoms with van der Waals surface area (Å²) in [6, 6.07) is 14.1. The normalized spacial score (nSPS) is 12.6. The Labute approximate surface area is 129 Å². The minimum atomic E-state index is -0.192. The lowest BCUT2D eigenvalue weighted by molar-refractivity contribution is 0.413. The Kier molecular flexibility index (Phi) is 3.60. The number of ether oxygens (including phenoxy) is 1. The predicted octanol–water partition coefficient (Wildman–Crippen LogP) is 4.64. The average molecular weight is 301 g/mol. The van der Waals surface area contributed by atoms with Crippen molar-refractivity contribution < 1.29 is 4.74 Å². The summed E-state index contributed by atoms with van der Waals surface area (Å²) in [7, 11) is 1.67. The van der Waals surface area contributed by atoms with Gasteiger partial charge < -0.3 is 4.74 Å². The molecule has 0 aliphatic rings. The van der Waals surface area contributed by atoms with E-state index in [1.807, 2.05) is 37.3 Å². The van der Waals surface area contributed by atoms with Gasteiger partial charge in [0.2, 0.25) is 0 Å². The van der Waals surface area contributed by atoms with Gasteiger partial charge in [0.25, 0.3) is 0 Å². The van der Waals surface area contributed by atoms with Crippen molar-refractivity contribution in [2.75, 3.05) is 7.11 Å². The van der Waals surface area contributed by atoms with Crippen LogP contribution in [0, 0.1) is 6.92 Å². The summed E-state index contributed by atoms with van der Waals surface area (Å²) < 4.78 is 7.57. The first-order chi connectivity index (χ1) is 10.1. The molecule has 1 atom stereocenters. The van der Waals surface area contributed by atoms with Crippen LogP contribution in [0.5, 0.6) is 5.75 Å². The number of alkyl halides is 1. The molecule has 0 aliphatic heterocycles. The number of fused-ring (bicyclic) bond motifs is 1. The highest BCUT2D eigenvalue weighted by Crippen LogP contribution is 2.32. The molecule has 0 saturated heterocycles. The maximum atomic E-state index is 6.34.